The predicted octanol–water partition coefficient (Wildman–Crippen LogP) is 4.12. The molecule has 0 unspecified atom stereocenters. The highest BCUT2D eigenvalue weighted by Gasteiger charge is 2.16. The van der Waals surface area contributed by atoms with Gasteiger partial charge in [0.25, 0.3) is 0 Å². The molecule has 2 aromatic rings. The second kappa shape index (κ2) is 8.67. The monoisotopic (exact) mass is 324 g/mol. The SMILES string of the molecule is CC(C)COc1ccccc1C(=O)OC(=O)C=Cc1ccccc1. The van der Waals surface area contributed by atoms with Crippen LogP contribution in [0.5, 0.6) is 5.75 Å². The number of hydrogen-bond acceptors (Lipinski definition) is 4. The molecule has 0 aliphatic carbocycles. The van der Waals surface area contributed by atoms with E-state index in [1.165, 1.54) is 6.08 Å². The quantitative estimate of drug-likeness (QED) is 0.456. The molecule has 0 aliphatic rings. The highest BCUT2D eigenvalue weighted by molar-refractivity contribution is 6.02. The zero-order valence-electron chi connectivity index (χ0n) is 13.8. The lowest BCUT2D eigenvalue weighted by Gasteiger charge is -2.11. The molecule has 0 fully saturated rings. The first-order valence-electron chi connectivity index (χ1n) is 7.77. The number of ether oxygens (including phenoxy) is 2. The van der Waals surface area contributed by atoms with E-state index in [0.29, 0.717) is 18.3 Å². The first-order chi connectivity index (χ1) is 11.6. The Bertz CT molecular complexity index is 717. The maximum Gasteiger partial charge on any atom is 0.349 e. The van der Waals surface area contributed by atoms with Crippen LogP contribution >= 0.6 is 0 Å². The highest BCUT2D eigenvalue weighted by atomic mass is 16.6. The van der Waals surface area contributed by atoms with Gasteiger partial charge in [-0.25, -0.2) is 9.59 Å². The summed E-state index contributed by atoms with van der Waals surface area (Å²) in [7, 11) is 0. The fourth-order valence-corrected chi connectivity index (χ4v) is 1.93. The number of carbonyl (C=O) groups is 2. The highest BCUT2D eigenvalue weighted by Crippen LogP contribution is 2.20. The molecule has 0 heterocycles. The number of para-hydroxylation sites is 1. The van der Waals surface area contributed by atoms with Crippen molar-refractivity contribution in [3.8, 4) is 5.75 Å². The van der Waals surface area contributed by atoms with Gasteiger partial charge in [0.15, 0.2) is 0 Å². The van der Waals surface area contributed by atoms with Crippen LogP contribution in [-0.4, -0.2) is 18.5 Å². The summed E-state index contributed by atoms with van der Waals surface area (Å²) in [5, 5.41) is 0. The van der Waals surface area contributed by atoms with Crippen LogP contribution in [0.25, 0.3) is 6.08 Å². The van der Waals surface area contributed by atoms with E-state index in [0.717, 1.165) is 5.56 Å². The van der Waals surface area contributed by atoms with E-state index in [-0.39, 0.29) is 5.56 Å². The number of hydrogen-bond donors (Lipinski definition) is 0. The van der Waals surface area contributed by atoms with Crippen LogP contribution in [-0.2, 0) is 9.53 Å². The van der Waals surface area contributed by atoms with Crippen molar-refractivity contribution in [3.63, 3.8) is 0 Å². The van der Waals surface area contributed by atoms with Crippen LogP contribution < -0.4 is 4.74 Å². The summed E-state index contributed by atoms with van der Waals surface area (Å²) in [6.07, 6.45) is 2.82. The Labute approximate surface area is 141 Å². The van der Waals surface area contributed by atoms with Crippen LogP contribution in [0.2, 0.25) is 0 Å². The molecule has 124 valence electrons. The molecule has 0 aromatic heterocycles. The van der Waals surface area contributed by atoms with E-state index < -0.39 is 11.9 Å². The van der Waals surface area contributed by atoms with Gasteiger partial charge >= 0.3 is 11.9 Å². The van der Waals surface area contributed by atoms with E-state index in [2.05, 4.69) is 0 Å². The number of carbonyl (C=O) groups excluding carboxylic acids is 2. The van der Waals surface area contributed by atoms with Crippen LogP contribution in [0.15, 0.2) is 60.7 Å². The molecule has 0 aliphatic heterocycles. The Morgan fingerprint density at radius 1 is 1.00 bits per heavy atom. The van der Waals surface area contributed by atoms with Crippen molar-refractivity contribution in [2.24, 2.45) is 5.92 Å². The molecule has 0 radical (unpaired) electrons. The summed E-state index contributed by atoms with van der Waals surface area (Å²) in [6.45, 7) is 4.50. The average Bonchev–Trinajstić information content (AvgIpc) is 2.59. The summed E-state index contributed by atoms with van der Waals surface area (Å²) < 4.78 is 10.5. The van der Waals surface area contributed by atoms with Gasteiger partial charge in [0, 0.05) is 6.08 Å². The van der Waals surface area contributed by atoms with Crippen molar-refractivity contribution in [1.82, 2.24) is 0 Å². The zero-order chi connectivity index (χ0) is 17.4. The fourth-order valence-electron chi connectivity index (χ4n) is 1.93. The maximum atomic E-state index is 12.2. The molecule has 24 heavy (non-hydrogen) atoms. The Kier molecular flexibility index (Phi) is 6.32. The second-order valence-corrected chi connectivity index (χ2v) is 5.65. The van der Waals surface area contributed by atoms with Crippen molar-refractivity contribution in [2.45, 2.75) is 13.8 Å². The largest absolute Gasteiger partial charge is 0.492 e. The van der Waals surface area contributed by atoms with Crippen molar-refractivity contribution >= 4 is 18.0 Å². The molecule has 4 heteroatoms. The number of benzene rings is 2. The molecule has 0 saturated carbocycles. The topological polar surface area (TPSA) is 52.6 Å². The minimum absolute atomic E-state index is 0.236. The number of esters is 2. The first kappa shape index (κ1) is 17.5. The Morgan fingerprint density at radius 3 is 2.38 bits per heavy atom. The van der Waals surface area contributed by atoms with E-state index in [4.69, 9.17) is 9.47 Å². The summed E-state index contributed by atoms with van der Waals surface area (Å²) >= 11 is 0. The lowest BCUT2D eigenvalue weighted by atomic mass is 10.2. The normalized spacial score (nSPS) is 10.8. The van der Waals surface area contributed by atoms with Gasteiger partial charge in [0.2, 0.25) is 0 Å². The minimum Gasteiger partial charge on any atom is -0.492 e. The van der Waals surface area contributed by atoms with Gasteiger partial charge in [-0.15, -0.1) is 0 Å². The molecule has 0 N–H and O–H groups in total. The molecular weight excluding hydrogens is 304 g/mol. The van der Waals surface area contributed by atoms with Crippen molar-refractivity contribution in [2.75, 3.05) is 6.61 Å². The maximum absolute atomic E-state index is 12.2. The Morgan fingerprint density at radius 2 is 1.67 bits per heavy atom. The Hall–Kier alpha value is -2.88. The lowest BCUT2D eigenvalue weighted by Crippen LogP contribution is -2.13. The third-order valence-electron chi connectivity index (χ3n) is 3.08. The third-order valence-corrected chi connectivity index (χ3v) is 3.08. The summed E-state index contributed by atoms with van der Waals surface area (Å²) in [5.74, 6) is -0.708. The summed E-state index contributed by atoms with van der Waals surface area (Å²) in [6, 6.07) is 16.0. The molecule has 2 rings (SSSR count). The van der Waals surface area contributed by atoms with Crippen LogP contribution in [0.1, 0.15) is 29.8 Å². The van der Waals surface area contributed by atoms with Gasteiger partial charge in [0.1, 0.15) is 11.3 Å². The van der Waals surface area contributed by atoms with Crippen molar-refractivity contribution in [1.29, 1.82) is 0 Å². The molecular formula is C20H20O4. The van der Waals surface area contributed by atoms with E-state index in [1.807, 2.05) is 44.2 Å². The standard InChI is InChI=1S/C20H20O4/c1-15(2)14-23-18-11-7-6-10-17(18)20(22)24-19(21)13-12-16-8-4-3-5-9-16/h3-13,15H,14H2,1-2H3. The molecule has 0 atom stereocenters. The predicted molar refractivity (Wildman–Crippen MR) is 92.7 cm³/mol. The average molecular weight is 324 g/mol. The molecule has 0 amide bonds. The molecule has 0 spiro atoms. The lowest BCUT2D eigenvalue weighted by molar-refractivity contribution is -0.132. The van der Waals surface area contributed by atoms with Gasteiger partial charge in [0.05, 0.1) is 6.61 Å². The van der Waals surface area contributed by atoms with E-state index in [1.54, 1.807) is 30.3 Å². The molecule has 4 nitrogen and oxygen atoms in total. The number of rotatable bonds is 6. The first-order valence-corrected chi connectivity index (χ1v) is 7.77. The minimum atomic E-state index is -0.725. The van der Waals surface area contributed by atoms with Gasteiger partial charge in [-0.2, -0.15) is 0 Å². The smallest absolute Gasteiger partial charge is 0.349 e. The van der Waals surface area contributed by atoms with Crippen LogP contribution in [0, 0.1) is 5.92 Å². The molecule has 0 saturated heterocycles. The molecule has 0 bridgehead atoms. The van der Waals surface area contributed by atoms with Gasteiger partial charge in [-0.3, -0.25) is 0 Å². The summed E-state index contributed by atoms with van der Waals surface area (Å²) in [4.78, 5) is 24.0. The summed E-state index contributed by atoms with van der Waals surface area (Å²) in [5.41, 5.74) is 1.09. The van der Waals surface area contributed by atoms with Crippen LogP contribution in [0.4, 0.5) is 0 Å². The Balaban J connectivity index is 2.01. The van der Waals surface area contributed by atoms with E-state index >= 15 is 0 Å². The second-order valence-electron chi connectivity index (χ2n) is 5.65. The van der Waals surface area contributed by atoms with E-state index in [9.17, 15) is 9.59 Å². The van der Waals surface area contributed by atoms with Gasteiger partial charge in [-0.1, -0.05) is 56.3 Å². The van der Waals surface area contributed by atoms with Crippen LogP contribution in [0.3, 0.4) is 0 Å². The molecule has 2 aromatic carbocycles. The van der Waals surface area contributed by atoms with Crippen molar-refractivity contribution in [3.05, 3.63) is 71.8 Å². The van der Waals surface area contributed by atoms with Gasteiger partial charge < -0.3 is 9.47 Å². The van der Waals surface area contributed by atoms with Crippen molar-refractivity contribution < 1.29 is 19.1 Å². The fraction of sp³-hybridized carbons (Fsp3) is 0.200. The zero-order valence-corrected chi connectivity index (χ0v) is 13.8. The van der Waals surface area contributed by atoms with Gasteiger partial charge in [-0.05, 0) is 29.7 Å². The third kappa shape index (κ3) is 5.39.